The first-order valence-electron chi connectivity index (χ1n) is 10.5. The van der Waals surface area contributed by atoms with E-state index in [0.29, 0.717) is 6.54 Å². The summed E-state index contributed by atoms with van der Waals surface area (Å²) in [6, 6.07) is 19.5. The number of halogens is 1. The topological polar surface area (TPSA) is 52.2 Å². The number of alkyl halides is 1. The molecule has 154 valence electrons. The zero-order chi connectivity index (χ0) is 20.8. The van der Waals surface area contributed by atoms with Crippen LogP contribution in [-0.2, 0) is 6.54 Å². The lowest BCUT2D eigenvalue weighted by Gasteiger charge is -2.08. The molecule has 0 atom stereocenters. The number of pyridine rings is 1. The summed E-state index contributed by atoms with van der Waals surface area (Å²) in [5, 5.41) is 10.6. The molecule has 5 nitrogen and oxygen atoms in total. The van der Waals surface area contributed by atoms with Crippen molar-refractivity contribution in [2.75, 3.05) is 5.33 Å². The maximum Gasteiger partial charge on any atom is 0.266 e. The number of unbranched alkanes of at least 4 members (excludes halogenated alkanes) is 4. The van der Waals surface area contributed by atoms with Gasteiger partial charge in [0.25, 0.3) is 5.56 Å². The van der Waals surface area contributed by atoms with E-state index in [0.717, 1.165) is 46.2 Å². The Bertz CT molecular complexity index is 1170. The molecule has 4 aromatic rings. The van der Waals surface area contributed by atoms with E-state index in [2.05, 4.69) is 15.9 Å². The highest BCUT2D eigenvalue weighted by Crippen LogP contribution is 2.33. The van der Waals surface area contributed by atoms with Crippen LogP contribution in [0.4, 0.5) is 0 Å². The van der Waals surface area contributed by atoms with Crippen LogP contribution in [0.25, 0.3) is 28.0 Å². The lowest BCUT2D eigenvalue weighted by Crippen LogP contribution is -2.22. The van der Waals surface area contributed by atoms with Gasteiger partial charge in [0.2, 0.25) is 0 Å². The van der Waals surface area contributed by atoms with Crippen LogP contribution in [0.3, 0.4) is 0 Å². The highest BCUT2D eigenvalue weighted by atomic mass is 79.9. The predicted molar refractivity (Wildman–Crippen MR) is 125 cm³/mol. The molecule has 0 saturated heterocycles. The molecule has 0 saturated carbocycles. The molecule has 30 heavy (non-hydrogen) atoms. The van der Waals surface area contributed by atoms with Gasteiger partial charge in [-0.25, -0.2) is 9.20 Å². The molecular formula is C24H25BrN4O. The zero-order valence-corrected chi connectivity index (χ0v) is 18.5. The average Bonchev–Trinajstić information content (AvgIpc) is 3.17. The van der Waals surface area contributed by atoms with Gasteiger partial charge in [-0.2, -0.15) is 10.2 Å². The van der Waals surface area contributed by atoms with E-state index in [9.17, 15) is 4.79 Å². The first kappa shape index (κ1) is 20.5. The molecule has 6 heteroatoms. The van der Waals surface area contributed by atoms with Crippen LogP contribution in [0.15, 0.2) is 71.7 Å². The van der Waals surface area contributed by atoms with E-state index < -0.39 is 0 Å². The summed E-state index contributed by atoms with van der Waals surface area (Å²) < 4.78 is 3.47. The molecular weight excluding hydrogens is 440 g/mol. The Labute approximate surface area is 184 Å². The number of hydrogen-bond acceptors (Lipinski definition) is 3. The molecule has 4 rings (SSSR count). The highest BCUT2D eigenvalue weighted by Gasteiger charge is 2.18. The van der Waals surface area contributed by atoms with Crippen LogP contribution in [0.2, 0.25) is 0 Å². The molecule has 3 heterocycles. The summed E-state index contributed by atoms with van der Waals surface area (Å²) in [7, 11) is 0. The normalized spacial score (nSPS) is 11.2. The second-order valence-corrected chi connectivity index (χ2v) is 8.15. The summed E-state index contributed by atoms with van der Waals surface area (Å²) in [6.45, 7) is 0.640. The van der Waals surface area contributed by atoms with Gasteiger partial charge in [0, 0.05) is 29.7 Å². The second kappa shape index (κ2) is 9.85. The quantitative estimate of drug-likeness (QED) is 0.240. The molecule has 0 aliphatic rings. The van der Waals surface area contributed by atoms with Crippen molar-refractivity contribution in [1.82, 2.24) is 19.4 Å². The Morgan fingerprint density at radius 1 is 0.800 bits per heavy atom. The Kier molecular flexibility index (Phi) is 6.74. The molecule has 0 amide bonds. The van der Waals surface area contributed by atoms with Crippen LogP contribution >= 0.6 is 15.9 Å². The summed E-state index contributed by atoms with van der Waals surface area (Å²) >= 11 is 3.47. The number of aromatic nitrogens is 4. The zero-order valence-electron chi connectivity index (χ0n) is 16.9. The Balaban J connectivity index is 1.68. The molecule has 0 unspecified atom stereocenters. The maximum absolute atomic E-state index is 12.4. The van der Waals surface area contributed by atoms with Crippen LogP contribution in [-0.4, -0.2) is 24.7 Å². The fraction of sp³-hybridized carbons (Fsp3) is 0.292. The second-order valence-electron chi connectivity index (χ2n) is 7.36. The van der Waals surface area contributed by atoms with Gasteiger partial charge in [-0.3, -0.25) is 4.79 Å². The number of fused-ring (bicyclic) bond motifs is 1. The van der Waals surface area contributed by atoms with Crippen LogP contribution in [0.1, 0.15) is 32.1 Å². The Morgan fingerprint density at radius 3 is 2.40 bits per heavy atom. The average molecular weight is 465 g/mol. The van der Waals surface area contributed by atoms with E-state index >= 15 is 0 Å². The van der Waals surface area contributed by atoms with Gasteiger partial charge in [0.15, 0.2) is 0 Å². The van der Waals surface area contributed by atoms with E-state index in [-0.39, 0.29) is 5.56 Å². The molecule has 0 aliphatic heterocycles. The standard InChI is InChI=1S/C24H25BrN4O/c25-16-8-2-1-3-9-18-29-22(30)15-14-20(26-29)23-21-13-7-10-17-28(21)27-24(23)19-11-5-4-6-12-19/h4-7,10-15,17H,1-3,8-9,16,18H2. The van der Waals surface area contributed by atoms with Gasteiger partial charge >= 0.3 is 0 Å². The molecule has 0 radical (unpaired) electrons. The maximum atomic E-state index is 12.4. The third kappa shape index (κ3) is 4.54. The summed E-state index contributed by atoms with van der Waals surface area (Å²) in [6.07, 6.45) is 7.61. The highest BCUT2D eigenvalue weighted by molar-refractivity contribution is 9.09. The molecule has 0 N–H and O–H groups in total. The van der Waals surface area contributed by atoms with Crippen molar-refractivity contribution in [3.63, 3.8) is 0 Å². The minimum Gasteiger partial charge on any atom is -0.268 e. The predicted octanol–water partition coefficient (Wildman–Crippen LogP) is 5.57. The van der Waals surface area contributed by atoms with Crippen molar-refractivity contribution < 1.29 is 0 Å². The van der Waals surface area contributed by atoms with E-state index in [1.54, 1.807) is 10.7 Å². The molecule has 0 aliphatic carbocycles. The summed E-state index contributed by atoms with van der Waals surface area (Å²) in [5.41, 5.74) is 4.54. The third-order valence-corrected chi connectivity index (χ3v) is 5.77. The van der Waals surface area contributed by atoms with Crippen LogP contribution in [0, 0.1) is 0 Å². The number of benzene rings is 1. The number of aryl methyl sites for hydroxylation is 1. The van der Waals surface area contributed by atoms with Gasteiger partial charge in [0.1, 0.15) is 5.69 Å². The first-order valence-corrected chi connectivity index (χ1v) is 11.6. The van der Waals surface area contributed by atoms with Crippen molar-refractivity contribution in [3.05, 3.63) is 77.2 Å². The van der Waals surface area contributed by atoms with Gasteiger partial charge in [-0.05, 0) is 31.0 Å². The first-order chi connectivity index (χ1) is 14.8. The van der Waals surface area contributed by atoms with Crippen molar-refractivity contribution in [2.45, 2.75) is 38.6 Å². The fourth-order valence-corrected chi connectivity index (χ4v) is 4.07. The van der Waals surface area contributed by atoms with Crippen molar-refractivity contribution in [1.29, 1.82) is 0 Å². The fourth-order valence-electron chi connectivity index (χ4n) is 3.68. The van der Waals surface area contributed by atoms with E-state index in [4.69, 9.17) is 10.2 Å². The Hall–Kier alpha value is -2.73. The number of nitrogens with zero attached hydrogens (tertiary/aromatic N) is 4. The van der Waals surface area contributed by atoms with Crippen LogP contribution < -0.4 is 5.56 Å². The van der Waals surface area contributed by atoms with Gasteiger partial charge in [-0.15, -0.1) is 0 Å². The SMILES string of the molecule is O=c1ccc(-c2c(-c3ccccc3)nn3ccccc23)nn1CCCCCCCBr. The number of rotatable bonds is 9. The third-order valence-electron chi connectivity index (χ3n) is 5.21. The van der Waals surface area contributed by atoms with Gasteiger partial charge in [-0.1, -0.05) is 71.6 Å². The van der Waals surface area contributed by atoms with Crippen LogP contribution in [0.5, 0.6) is 0 Å². The smallest absolute Gasteiger partial charge is 0.266 e. The minimum atomic E-state index is -0.0584. The molecule has 1 aromatic carbocycles. The Morgan fingerprint density at radius 2 is 1.57 bits per heavy atom. The van der Waals surface area contributed by atoms with E-state index in [1.807, 2.05) is 65.3 Å². The molecule has 3 aromatic heterocycles. The minimum absolute atomic E-state index is 0.0584. The van der Waals surface area contributed by atoms with Gasteiger partial charge < -0.3 is 0 Å². The number of hydrogen-bond donors (Lipinski definition) is 0. The van der Waals surface area contributed by atoms with Crippen molar-refractivity contribution >= 4 is 21.4 Å². The largest absolute Gasteiger partial charge is 0.268 e. The van der Waals surface area contributed by atoms with E-state index in [1.165, 1.54) is 19.3 Å². The summed E-state index contributed by atoms with van der Waals surface area (Å²) in [4.78, 5) is 12.4. The lowest BCUT2D eigenvalue weighted by atomic mass is 10.0. The van der Waals surface area contributed by atoms with Crippen molar-refractivity contribution in [2.24, 2.45) is 0 Å². The van der Waals surface area contributed by atoms with Gasteiger partial charge in [0.05, 0.1) is 16.8 Å². The lowest BCUT2D eigenvalue weighted by molar-refractivity contribution is 0.515. The van der Waals surface area contributed by atoms with Crippen molar-refractivity contribution in [3.8, 4) is 22.5 Å². The molecule has 0 fully saturated rings. The molecule has 0 spiro atoms. The monoisotopic (exact) mass is 464 g/mol. The molecule has 0 bridgehead atoms. The summed E-state index contributed by atoms with van der Waals surface area (Å²) in [5.74, 6) is 0.